The zero-order valence-corrected chi connectivity index (χ0v) is 14.0. The number of aromatic amines is 1. The van der Waals surface area contributed by atoms with E-state index >= 15 is 0 Å². The van der Waals surface area contributed by atoms with E-state index in [9.17, 15) is 18.0 Å². The SMILES string of the molecule is CNS(=O)(=O)c1ccc(CCC(=O)NCc2ccc(=O)[nH]c2)cc1. The Bertz CT molecular complexity index is 837. The molecule has 0 aliphatic rings. The van der Waals surface area contributed by atoms with E-state index in [1.165, 1.54) is 25.2 Å². The van der Waals surface area contributed by atoms with E-state index in [2.05, 4.69) is 15.0 Å². The second-order valence-corrected chi connectivity index (χ2v) is 7.08. The van der Waals surface area contributed by atoms with Gasteiger partial charge in [-0.15, -0.1) is 0 Å². The van der Waals surface area contributed by atoms with Crippen LogP contribution in [0.15, 0.2) is 52.3 Å². The van der Waals surface area contributed by atoms with Gasteiger partial charge in [-0.3, -0.25) is 9.59 Å². The van der Waals surface area contributed by atoms with E-state index in [-0.39, 0.29) is 16.4 Å². The Kier molecular flexibility index (Phi) is 5.88. The maximum Gasteiger partial charge on any atom is 0.247 e. The minimum atomic E-state index is -3.44. The van der Waals surface area contributed by atoms with Crippen LogP contribution in [0.2, 0.25) is 0 Å². The van der Waals surface area contributed by atoms with E-state index in [0.29, 0.717) is 19.4 Å². The van der Waals surface area contributed by atoms with Gasteiger partial charge in [-0.05, 0) is 36.7 Å². The highest BCUT2D eigenvalue weighted by atomic mass is 32.2. The van der Waals surface area contributed by atoms with Crippen molar-refractivity contribution >= 4 is 15.9 Å². The van der Waals surface area contributed by atoms with E-state index in [1.54, 1.807) is 24.4 Å². The second kappa shape index (κ2) is 7.89. The third-order valence-corrected chi connectivity index (χ3v) is 4.91. The number of benzene rings is 1. The number of rotatable bonds is 7. The van der Waals surface area contributed by atoms with Gasteiger partial charge in [-0.2, -0.15) is 0 Å². The van der Waals surface area contributed by atoms with Crippen LogP contribution >= 0.6 is 0 Å². The van der Waals surface area contributed by atoms with Crippen molar-refractivity contribution in [3.63, 3.8) is 0 Å². The van der Waals surface area contributed by atoms with Crippen molar-refractivity contribution in [3.8, 4) is 0 Å². The number of hydrogen-bond donors (Lipinski definition) is 3. The summed E-state index contributed by atoms with van der Waals surface area (Å²) in [4.78, 5) is 25.5. The zero-order chi connectivity index (χ0) is 17.6. The van der Waals surface area contributed by atoms with Gasteiger partial charge in [0, 0.05) is 25.2 Å². The molecule has 3 N–H and O–H groups in total. The molecule has 2 rings (SSSR count). The van der Waals surface area contributed by atoms with Crippen molar-refractivity contribution in [1.29, 1.82) is 0 Å². The minimum absolute atomic E-state index is 0.117. The molecular formula is C16H19N3O4S. The third-order valence-electron chi connectivity index (χ3n) is 3.48. The Balaban J connectivity index is 1.83. The lowest BCUT2D eigenvalue weighted by atomic mass is 10.1. The summed E-state index contributed by atoms with van der Waals surface area (Å²) in [6.45, 7) is 0.342. The van der Waals surface area contributed by atoms with Crippen LogP contribution in [0.3, 0.4) is 0 Å². The molecule has 0 saturated heterocycles. The summed E-state index contributed by atoms with van der Waals surface area (Å²) < 4.78 is 25.5. The predicted molar refractivity (Wildman–Crippen MR) is 89.9 cm³/mol. The molecule has 0 radical (unpaired) electrons. The van der Waals surface area contributed by atoms with Gasteiger partial charge in [0.2, 0.25) is 21.5 Å². The number of aryl methyl sites for hydroxylation is 1. The molecule has 1 aromatic heterocycles. The number of sulfonamides is 1. The first kappa shape index (κ1) is 17.9. The molecule has 0 unspecified atom stereocenters. The standard InChI is InChI=1S/C16H19N3O4S/c1-17-24(22,23)14-6-2-12(3-7-14)4-8-15(20)18-10-13-5-9-16(21)19-11-13/h2-3,5-7,9,11,17H,4,8,10H2,1H3,(H,18,20)(H,19,21). The van der Waals surface area contributed by atoms with Crippen molar-refractivity contribution in [2.24, 2.45) is 0 Å². The zero-order valence-electron chi connectivity index (χ0n) is 13.2. The van der Waals surface area contributed by atoms with Gasteiger partial charge in [-0.25, -0.2) is 13.1 Å². The van der Waals surface area contributed by atoms with E-state index in [1.807, 2.05) is 0 Å². The molecule has 1 amide bonds. The van der Waals surface area contributed by atoms with E-state index in [0.717, 1.165) is 11.1 Å². The molecule has 1 heterocycles. The lowest BCUT2D eigenvalue weighted by Gasteiger charge is -2.06. The minimum Gasteiger partial charge on any atom is -0.352 e. The first-order valence-electron chi connectivity index (χ1n) is 7.37. The van der Waals surface area contributed by atoms with Crippen LogP contribution < -0.4 is 15.6 Å². The Morgan fingerprint density at radius 1 is 1.08 bits per heavy atom. The summed E-state index contributed by atoms with van der Waals surface area (Å²) in [6, 6.07) is 9.47. The Morgan fingerprint density at radius 3 is 2.33 bits per heavy atom. The number of hydrogen-bond acceptors (Lipinski definition) is 4. The van der Waals surface area contributed by atoms with Crippen LogP contribution in [-0.2, 0) is 27.8 Å². The summed E-state index contributed by atoms with van der Waals surface area (Å²) in [5.74, 6) is -0.117. The van der Waals surface area contributed by atoms with Gasteiger partial charge in [0.25, 0.3) is 0 Å². The summed E-state index contributed by atoms with van der Waals surface area (Å²) in [6.07, 6.45) is 2.36. The Hall–Kier alpha value is -2.45. The molecule has 0 saturated carbocycles. The predicted octanol–water partition coefficient (Wildman–Crippen LogP) is 0.532. The van der Waals surface area contributed by atoms with Gasteiger partial charge in [-0.1, -0.05) is 18.2 Å². The van der Waals surface area contributed by atoms with Gasteiger partial charge in [0.1, 0.15) is 0 Å². The fourth-order valence-electron chi connectivity index (χ4n) is 2.05. The quantitative estimate of drug-likeness (QED) is 0.677. The fourth-order valence-corrected chi connectivity index (χ4v) is 2.78. The second-order valence-electron chi connectivity index (χ2n) is 5.19. The maximum absolute atomic E-state index is 11.8. The number of amides is 1. The molecule has 128 valence electrons. The van der Waals surface area contributed by atoms with Crippen molar-refractivity contribution in [3.05, 3.63) is 64.1 Å². The number of aromatic nitrogens is 1. The lowest BCUT2D eigenvalue weighted by molar-refractivity contribution is -0.121. The van der Waals surface area contributed by atoms with Crippen LogP contribution in [0.25, 0.3) is 0 Å². The Labute approximate surface area is 140 Å². The van der Waals surface area contributed by atoms with Gasteiger partial charge < -0.3 is 10.3 Å². The monoisotopic (exact) mass is 349 g/mol. The van der Waals surface area contributed by atoms with Gasteiger partial charge in [0.05, 0.1) is 4.90 Å². The molecule has 24 heavy (non-hydrogen) atoms. The molecule has 0 fully saturated rings. The molecule has 2 aromatic rings. The van der Waals surface area contributed by atoms with Crippen molar-refractivity contribution in [2.45, 2.75) is 24.3 Å². The molecule has 7 nitrogen and oxygen atoms in total. The average Bonchev–Trinajstić information content (AvgIpc) is 2.60. The van der Waals surface area contributed by atoms with E-state index in [4.69, 9.17) is 0 Å². The number of carbonyl (C=O) groups is 1. The smallest absolute Gasteiger partial charge is 0.247 e. The fraction of sp³-hybridized carbons (Fsp3) is 0.250. The van der Waals surface area contributed by atoms with Gasteiger partial charge >= 0.3 is 0 Å². The molecule has 0 bridgehead atoms. The van der Waals surface area contributed by atoms with Gasteiger partial charge in [0.15, 0.2) is 0 Å². The van der Waals surface area contributed by atoms with Crippen molar-refractivity contribution in [1.82, 2.24) is 15.0 Å². The first-order chi connectivity index (χ1) is 11.4. The first-order valence-corrected chi connectivity index (χ1v) is 8.86. The van der Waals surface area contributed by atoms with E-state index < -0.39 is 10.0 Å². The molecule has 0 aliphatic carbocycles. The molecule has 1 aromatic carbocycles. The topological polar surface area (TPSA) is 108 Å². The highest BCUT2D eigenvalue weighted by Gasteiger charge is 2.10. The van der Waals surface area contributed by atoms with Crippen LogP contribution in [-0.4, -0.2) is 26.4 Å². The third kappa shape index (κ3) is 5.04. The summed E-state index contributed by atoms with van der Waals surface area (Å²) in [5, 5.41) is 2.77. The molecule has 0 spiro atoms. The number of H-pyrrole nitrogens is 1. The largest absolute Gasteiger partial charge is 0.352 e. The summed E-state index contributed by atoms with van der Waals surface area (Å²) >= 11 is 0. The summed E-state index contributed by atoms with van der Waals surface area (Å²) in [7, 11) is -2.09. The normalized spacial score (nSPS) is 11.2. The molecule has 0 atom stereocenters. The number of carbonyl (C=O) groups excluding carboxylic acids is 1. The maximum atomic E-state index is 11.8. The lowest BCUT2D eigenvalue weighted by Crippen LogP contribution is -2.23. The Morgan fingerprint density at radius 2 is 1.75 bits per heavy atom. The van der Waals surface area contributed by atoms with Crippen molar-refractivity contribution < 1.29 is 13.2 Å². The number of pyridine rings is 1. The summed E-state index contributed by atoms with van der Waals surface area (Å²) in [5.41, 5.74) is 1.50. The van der Waals surface area contributed by atoms with Crippen LogP contribution in [0.1, 0.15) is 17.5 Å². The average molecular weight is 349 g/mol. The van der Waals surface area contributed by atoms with Crippen LogP contribution in [0, 0.1) is 0 Å². The molecule has 8 heteroatoms. The molecule has 0 aliphatic heterocycles. The van der Waals surface area contributed by atoms with Crippen LogP contribution in [0.5, 0.6) is 0 Å². The van der Waals surface area contributed by atoms with Crippen LogP contribution in [0.4, 0.5) is 0 Å². The molecular weight excluding hydrogens is 330 g/mol. The number of nitrogens with one attached hydrogen (secondary N) is 3. The highest BCUT2D eigenvalue weighted by molar-refractivity contribution is 7.89. The highest BCUT2D eigenvalue weighted by Crippen LogP contribution is 2.11. The van der Waals surface area contributed by atoms with Crippen molar-refractivity contribution in [2.75, 3.05) is 7.05 Å².